The molecule has 2 aromatic heterocycles. The molecule has 0 bridgehead atoms. The molecule has 6 aromatic carbocycles. The molecule has 0 saturated heterocycles. The number of amides is 4. The normalized spacial score (nSPS) is 18.0. The first kappa shape index (κ1) is 43.0. The summed E-state index contributed by atoms with van der Waals surface area (Å²) in [6, 6.07) is 36.4. The van der Waals surface area contributed by atoms with Gasteiger partial charge in [-0.05, 0) is 76.1 Å². The van der Waals surface area contributed by atoms with Crippen LogP contribution in [0.15, 0.2) is 138 Å². The van der Waals surface area contributed by atoms with E-state index in [2.05, 4.69) is 46.5 Å². The first-order chi connectivity index (χ1) is 32.3. The van der Waals surface area contributed by atoms with Crippen LogP contribution in [0.5, 0.6) is 0 Å². The second kappa shape index (κ2) is 16.8. The molecule has 0 aliphatic carbocycles. The van der Waals surface area contributed by atoms with E-state index in [0.717, 1.165) is 5.56 Å². The number of H-pyrrole nitrogens is 2. The summed E-state index contributed by atoms with van der Waals surface area (Å²) < 4.78 is 24.6. The van der Waals surface area contributed by atoms with E-state index >= 15 is 0 Å². The Bertz CT molecular complexity index is 3290. The van der Waals surface area contributed by atoms with Crippen LogP contribution in [0.3, 0.4) is 0 Å². The van der Waals surface area contributed by atoms with E-state index in [0.29, 0.717) is 44.3 Å². The standard InChI is InChI=1S/C48H36BrFN8O9/c49-35-22-29(16-17-36(35)50)58-42(61)32-11-5-7-13-34(32)48(58,65)28-15-19-38-40(21-28)54-44(52-38)56-46(63)67-25-30(59)24-66-45(62)55-43-51-37-18-14-27(20-39(37)53-43)47(64)33-12-6-4-10-31(33)41(60)57(47)23-26-8-2-1-3-9-26/h1-22,30,59,64-65H,23-25H2,(H2,51,53,55,62)(H2,52,54,56,63). The van der Waals surface area contributed by atoms with Crippen molar-refractivity contribution in [2.45, 2.75) is 24.1 Å². The van der Waals surface area contributed by atoms with Crippen LogP contribution in [0.4, 0.5) is 31.6 Å². The van der Waals surface area contributed by atoms with Gasteiger partial charge in [0.25, 0.3) is 11.8 Å². The second-order valence-electron chi connectivity index (χ2n) is 15.8. The average molecular weight is 968 g/mol. The molecule has 8 aromatic rings. The monoisotopic (exact) mass is 966 g/mol. The van der Waals surface area contributed by atoms with Crippen LogP contribution < -0.4 is 15.5 Å². The topological polar surface area (TPSA) is 235 Å². The molecule has 0 saturated carbocycles. The largest absolute Gasteiger partial charge is 0.446 e. The molecule has 3 atom stereocenters. The van der Waals surface area contributed by atoms with Gasteiger partial charge in [0.2, 0.25) is 11.9 Å². The average Bonchev–Trinajstić information content (AvgIpc) is 4.05. The van der Waals surface area contributed by atoms with Gasteiger partial charge in [0.05, 0.1) is 26.5 Å². The van der Waals surface area contributed by atoms with Crippen LogP contribution in [0.1, 0.15) is 48.5 Å². The zero-order chi connectivity index (χ0) is 46.6. The fourth-order valence-electron chi connectivity index (χ4n) is 8.48. The number of carbonyl (C=O) groups excluding carboxylic acids is 4. The van der Waals surface area contributed by atoms with Crippen molar-refractivity contribution in [1.29, 1.82) is 0 Å². The minimum absolute atomic E-state index is 0.00501. The van der Waals surface area contributed by atoms with E-state index in [4.69, 9.17) is 9.47 Å². The zero-order valence-electron chi connectivity index (χ0n) is 34.7. The number of carbonyl (C=O) groups is 4. The number of nitrogens with zero attached hydrogens (tertiary/aromatic N) is 4. The molecular formula is C48H36BrFN8O9. The second-order valence-corrected chi connectivity index (χ2v) is 16.6. The summed E-state index contributed by atoms with van der Waals surface area (Å²) in [5.74, 6) is -1.40. The SMILES string of the molecule is O=C(Nc1nc2ccc(C3(O)c4ccccc4C(=O)N3Cc3ccccc3)cc2[nH]1)OCC(O)COC(=O)Nc1nc2ccc(C3(O)c4ccccc4C(=O)N3c3ccc(F)c(Br)c3)cc2[nH]1. The van der Waals surface area contributed by atoms with E-state index < -0.39 is 54.7 Å². The first-order valence-corrected chi connectivity index (χ1v) is 21.5. The lowest BCUT2D eigenvalue weighted by Crippen LogP contribution is -2.45. The maximum absolute atomic E-state index is 14.2. The van der Waals surface area contributed by atoms with Gasteiger partial charge < -0.3 is 34.8 Å². The molecule has 10 rings (SSSR count). The Labute approximate surface area is 386 Å². The number of fused-ring (bicyclic) bond motifs is 4. The summed E-state index contributed by atoms with van der Waals surface area (Å²) in [5.41, 5.74) is 0.934. The van der Waals surface area contributed by atoms with Gasteiger partial charge in [0.15, 0.2) is 11.4 Å². The number of anilines is 3. The molecule has 2 aliphatic rings. The van der Waals surface area contributed by atoms with Crippen molar-refractivity contribution in [2.24, 2.45) is 0 Å². The predicted octanol–water partition coefficient (Wildman–Crippen LogP) is 7.20. The summed E-state index contributed by atoms with van der Waals surface area (Å²) in [4.78, 5) is 70.0. The van der Waals surface area contributed by atoms with E-state index in [-0.39, 0.29) is 45.6 Å². The molecule has 0 radical (unpaired) electrons. The van der Waals surface area contributed by atoms with Crippen LogP contribution in [0.25, 0.3) is 22.1 Å². The van der Waals surface area contributed by atoms with Crippen molar-refractivity contribution in [3.63, 3.8) is 0 Å². The fraction of sp³-hybridized carbons (Fsp3) is 0.125. The Morgan fingerprint density at radius 3 is 1.79 bits per heavy atom. The van der Waals surface area contributed by atoms with Crippen LogP contribution in [-0.2, 0) is 27.5 Å². The highest BCUT2D eigenvalue weighted by molar-refractivity contribution is 9.10. The third-order valence-electron chi connectivity index (χ3n) is 11.6. The van der Waals surface area contributed by atoms with E-state index in [1.807, 2.05) is 30.3 Å². The quantitative estimate of drug-likeness (QED) is 0.0685. The Morgan fingerprint density at radius 1 is 0.687 bits per heavy atom. The minimum atomic E-state index is -2.01. The Kier molecular flexibility index (Phi) is 10.8. The molecule has 0 fully saturated rings. The predicted molar refractivity (Wildman–Crippen MR) is 244 cm³/mol. The van der Waals surface area contributed by atoms with Gasteiger partial charge in [-0.25, -0.2) is 23.9 Å². The van der Waals surface area contributed by atoms with Crippen molar-refractivity contribution in [1.82, 2.24) is 24.8 Å². The molecule has 4 amide bonds. The number of hydrogen-bond donors (Lipinski definition) is 7. The lowest BCUT2D eigenvalue weighted by molar-refractivity contribution is -0.0542. The van der Waals surface area contributed by atoms with E-state index in [1.54, 1.807) is 84.9 Å². The van der Waals surface area contributed by atoms with Gasteiger partial charge >= 0.3 is 12.2 Å². The van der Waals surface area contributed by atoms with Crippen molar-refractivity contribution >= 4 is 79.6 Å². The van der Waals surface area contributed by atoms with Gasteiger partial charge in [-0.2, -0.15) is 0 Å². The maximum Gasteiger partial charge on any atom is 0.414 e. The smallest absolute Gasteiger partial charge is 0.414 e. The molecule has 3 unspecified atom stereocenters. The molecule has 336 valence electrons. The van der Waals surface area contributed by atoms with Crippen LogP contribution in [0, 0.1) is 5.82 Å². The molecule has 17 nitrogen and oxygen atoms in total. The van der Waals surface area contributed by atoms with Gasteiger partial charge in [0, 0.05) is 45.6 Å². The lowest BCUT2D eigenvalue weighted by Gasteiger charge is -2.35. The Balaban J connectivity index is 0.758. The van der Waals surface area contributed by atoms with Gasteiger partial charge in [-0.15, -0.1) is 0 Å². The van der Waals surface area contributed by atoms with Crippen LogP contribution >= 0.6 is 15.9 Å². The molecule has 2 aliphatic heterocycles. The summed E-state index contributed by atoms with van der Waals surface area (Å²) in [6.45, 7) is -0.985. The molecular weight excluding hydrogens is 931 g/mol. The summed E-state index contributed by atoms with van der Waals surface area (Å²) >= 11 is 3.16. The molecule has 19 heteroatoms. The third kappa shape index (κ3) is 7.58. The van der Waals surface area contributed by atoms with E-state index in [1.165, 1.54) is 28.0 Å². The number of aromatic nitrogens is 4. The lowest BCUT2D eigenvalue weighted by atomic mass is 9.93. The van der Waals surface area contributed by atoms with E-state index in [9.17, 15) is 38.9 Å². The summed E-state index contributed by atoms with van der Waals surface area (Å²) in [6.07, 6.45) is -3.40. The highest BCUT2D eigenvalue weighted by atomic mass is 79.9. The summed E-state index contributed by atoms with van der Waals surface area (Å²) in [5, 5.41) is 40.1. The summed E-state index contributed by atoms with van der Waals surface area (Å²) in [7, 11) is 0. The van der Waals surface area contributed by atoms with Crippen molar-refractivity contribution < 1.29 is 48.4 Å². The van der Waals surface area contributed by atoms with Gasteiger partial charge in [-0.3, -0.25) is 30.0 Å². The molecule has 7 N–H and O–H groups in total. The first-order valence-electron chi connectivity index (χ1n) is 20.7. The Morgan fingerprint density at radius 2 is 1.21 bits per heavy atom. The zero-order valence-corrected chi connectivity index (χ0v) is 36.3. The number of ether oxygens (including phenoxy) is 2. The molecule has 0 spiro atoms. The number of aliphatic hydroxyl groups is 3. The maximum atomic E-state index is 14.2. The number of halogens is 2. The highest BCUT2D eigenvalue weighted by Gasteiger charge is 2.52. The number of imidazole rings is 2. The Hall–Kier alpha value is -7.97. The number of hydrogen-bond acceptors (Lipinski definition) is 11. The highest BCUT2D eigenvalue weighted by Crippen LogP contribution is 2.47. The van der Waals surface area contributed by atoms with Crippen LogP contribution in [-0.4, -0.2) is 83.5 Å². The van der Waals surface area contributed by atoms with Crippen LogP contribution in [0.2, 0.25) is 0 Å². The fourth-order valence-corrected chi connectivity index (χ4v) is 8.84. The van der Waals surface area contributed by atoms with Crippen molar-refractivity contribution in [3.05, 3.63) is 183 Å². The number of aromatic amines is 2. The molecule has 4 heterocycles. The number of aliphatic hydroxyl groups excluding tert-OH is 1. The minimum Gasteiger partial charge on any atom is -0.446 e. The third-order valence-corrected chi connectivity index (χ3v) is 12.2. The number of nitrogens with one attached hydrogen (secondary N) is 4. The van der Waals surface area contributed by atoms with Gasteiger partial charge in [0.1, 0.15) is 25.1 Å². The number of rotatable bonds is 11. The van der Waals surface area contributed by atoms with Gasteiger partial charge in [-0.1, -0.05) is 78.9 Å². The number of benzene rings is 6. The van der Waals surface area contributed by atoms with Crippen molar-refractivity contribution in [2.75, 3.05) is 28.7 Å². The van der Waals surface area contributed by atoms with Crippen molar-refractivity contribution in [3.8, 4) is 0 Å². The molecule has 67 heavy (non-hydrogen) atoms.